The van der Waals surface area contributed by atoms with Gasteiger partial charge in [0.05, 0.1) is 29.1 Å². The van der Waals surface area contributed by atoms with Gasteiger partial charge in [-0.05, 0) is 37.1 Å². The van der Waals surface area contributed by atoms with Crippen molar-refractivity contribution in [2.45, 2.75) is 49.1 Å². The summed E-state index contributed by atoms with van der Waals surface area (Å²) in [7, 11) is -0.000290. The van der Waals surface area contributed by atoms with Crippen LogP contribution in [-0.2, 0) is 42.9 Å². The van der Waals surface area contributed by atoms with Crippen molar-refractivity contribution in [2.75, 3.05) is 7.11 Å². The summed E-state index contributed by atoms with van der Waals surface area (Å²) in [4.78, 5) is 39.6. The molecule has 4 rings (SSSR count). The molecule has 0 aromatic heterocycles. The molecule has 0 bridgehead atoms. The third-order valence-electron chi connectivity index (χ3n) is 6.04. The molecule has 8 nitrogen and oxygen atoms in total. The molecule has 174 valence electrons. The second-order valence-corrected chi connectivity index (χ2v) is 10.7. The molecule has 0 aliphatic carbocycles. The zero-order valence-electron chi connectivity index (χ0n) is 18.6. The van der Waals surface area contributed by atoms with Gasteiger partial charge in [0.2, 0.25) is 11.8 Å². The maximum atomic E-state index is 13.2. The summed E-state index contributed by atoms with van der Waals surface area (Å²) in [5, 5.41) is 1.94. The minimum atomic E-state index is -1.56. The van der Waals surface area contributed by atoms with E-state index >= 15 is 0 Å². The number of carbonyl (C=O) groups excluding carboxylic acids is 3. The van der Waals surface area contributed by atoms with Crippen LogP contribution in [0.15, 0.2) is 54.6 Å². The highest BCUT2D eigenvalue weighted by Gasteiger charge is 2.68. The molecule has 2 fully saturated rings. The van der Waals surface area contributed by atoms with Crippen LogP contribution in [0.3, 0.4) is 0 Å². The number of hydrogen-bond acceptors (Lipinski definition) is 6. The van der Waals surface area contributed by atoms with Crippen LogP contribution in [0.25, 0.3) is 0 Å². The first-order valence-corrected chi connectivity index (χ1v) is 11.8. The van der Waals surface area contributed by atoms with E-state index in [4.69, 9.17) is 9.47 Å². The number of rotatable bonds is 7. The first-order valence-electron chi connectivity index (χ1n) is 10.6. The number of fused-ring (bicyclic) bond motifs is 1. The molecule has 9 heteroatoms. The number of methoxy groups -OCH3 is 1. The molecule has 0 radical (unpaired) electrons. The van der Waals surface area contributed by atoms with Gasteiger partial charge < -0.3 is 19.7 Å². The molecule has 0 spiro atoms. The van der Waals surface area contributed by atoms with E-state index in [-0.39, 0.29) is 18.9 Å². The van der Waals surface area contributed by atoms with E-state index in [0.29, 0.717) is 5.75 Å². The van der Waals surface area contributed by atoms with E-state index in [9.17, 15) is 18.6 Å². The van der Waals surface area contributed by atoms with Crippen molar-refractivity contribution in [1.29, 1.82) is 0 Å². The average molecular weight is 471 g/mol. The fourth-order valence-corrected chi connectivity index (χ4v) is 6.15. The molecule has 2 aliphatic heterocycles. The predicted molar refractivity (Wildman–Crippen MR) is 122 cm³/mol. The van der Waals surface area contributed by atoms with Crippen LogP contribution in [0.1, 0.15) is 25.0 Å². The van der Waals surface area contributed by atoms with Crippen molar-refractivity contribution >= 4 is 28.6 Å². The maximum absolute atomic E-state index is 13.2. The number of nitrogens with one attached hydrogen (secondary N) is 1. The van der Waals surface area contributed by atoms with E-state index in [0.717, 1.165) is 11.1 Å². The zero-order valence-corrected chi connectivity index (χ0v) is 19.5. The summed E-state index contributed by atoms with van der Waals surface area (Å²) >= 11 is 0. The van der Waals surface area contributed by atoms with Crippen LogP contribution >= 0.6 is 0 Å². The van der Waals surface area contributed by atoms with Crippen molar-refractivity contribution in [3.63, 3.8) is 0 Å². The Hall–Kier alpha value is -3.20. The zero-order chi connectivity index (χ0) is 23.8. The third-order valence-corrected chi connectivity index (χ3v) is 8.24. The Kier molecular flexibility index (Phi) is 6.25. The topological polar surface area (TPSA) is 102 Å². The Balaban J connectivity index is 1.42. The molecule has 33 heavy (non-hydrogen) atoms. The highest BCUT2D eigenvalue weighted by molar-refractivity contribution is 7.87. The van der Waals surface area contributed by atoms with Gasteiger partial charge in [-0.25, -0.2) is 4.79 Å². The lowest BCUT2D eigenvalue weighted by Gasteiger charge is -2.43. The summed E-state index contributed by atoms with van der Waals surface area (Å²) < 4.78 is 22.8. The molecule has 2 heterocycles. The fourth-order valence-electron chi connectivity index (χ4n) is 4.23. The largest absolute Gasteiger partial charge is 0.497 e. The average Bonchev–Trinajstić information content (AvgIpc) is 3.00. The molecule has 2 amide bonds. The van der Waals surface area contributed by atoms with Gasteiger partial charge in [0.15, 0.2) is 0 Å². The van der Waals surface area contributed by atoms with Gasteiger partial charge in [0.25, 0.3) is 0 Å². The molecule has 3 unspecified atom stereocenters. The lowest BCUT2D eigenvalue weighted by atomic mass is 9.96. The number of esters is 1. The maximum Gasteiger partial charge on any atom is 0.330 e. The normalized spacial score (nSPS) is 25.1. The molecular weight excluding hydrogens is 444 g/mol. The van der Waals surface area contributed by atoms with Gasteiger partial charge in [-0.3, -0.25) is 13.8 Å². The van der Waals surface area contributed by atoms with Crippen LogP contribution in [0.2, 0.25) is 0 Å². The van der Waals surface area contributed by atoms with E-state index in [2.05, 4.69) is 5.32 Å². The van der Waals surface area contributed by atoms with Crippen LogP contribution in [0.4, 0.5) is 0 Å². The number of ether oxygens (including phenoxy) is 2. The molecule has 2 aromatic rings. The molecule has 2 saturated heterocycles. The van der Waals surface area contributed by atoms with E-state index in [1.807, 2.05) is 30.3 Å². The first-order chi connectivity index (χ1) is 15.7. The molecule has 0 saturated carbocycles. The van der Waals surface area contributed by atoms with E-state index < -0.39 is 44.9 Å². The third kappa shape index (κ3) is 4.25. The van der Waals surface area contributed by atoms with Gasteiger partial charge in [-0.1, -0.05) is 42.5 Å². The molecule has 2 aliphatic rings. The second kappa shape index (κ2) is 8.97. The number of benzene rings is 2. The standard InChI is InChI=1S/C24H26N2O6S/c1-24(2)20(23(29)32-14-16-9-11-17(31-3)12-10-16)26-21(28)19(22(26)33(24)30)25-18(27)13-15-7-5-4-6-8-15/h4-12,19-20,22H,13-14H2,1-3H3,(H,25,27)/t19-,20?,22?,33?/m1/s1. The van der Waals surface area contributed by atoms with Crippen molar-refractivity contribution in [3.05, 3.63) is 65.7 Å². The number of β-lactam (4-membered cyclic amide) rings is 1. The van der Waals surface area contributed by atoms with Gasteiger partial charge >= 0.3 is 5.97 Å². The SMILES string of the molecule is COc1ccc(COC(=O)C2N3C(=O)[C@@H](NC(=O)Cc4ccccc4)C3S(=O)C2(C)C)cc1. The fraction of sp³-hybridized carbons (Fsp3) is 0.375. The van der Waals surface area contributed by atoms with Crippen molar-refractivity contribution in [3.8, 4) is 5.75 Å². The summed E-state index contributed by atoms with van der Waals surface area (Å²) in [5.74, 6) is -0.688. The first kappa shape index (κ1) is 23.0. The molecule has 4 atom stereocenters. The summed E-state index contributed by atoms with van der Waals surface area (Å²) in [6.45, 7) is 3.37. The summed E-state index contributed by atoms with van der Waals surface area (Å²) in [6.07, 6.45) is 0.112. The van der Waals surface area contributed by atoms with Gasteiger partial charge in [0.1, 0.15) is 29.8 Å². The second-order valence-electron chi connectivity index (χ2n) is 8.60. The monoisotopic (exact) mass is 470 g/mol. The number of amides is 2. The van der Waals surface area contributed by atoms with Crippen LogP contribution in [0.5, 0.6) is 5.75 Å². The lowest BCUT2D eigenvalue weighted by molar-refractivity contribution is -0.165. The number of carbonyl (C=O) groups is 3. The molecular formula is C24H26N2O6S. The van der Waals surface area contributed by atoms with Crippen molar-refractivity contribution < 1.29 is 28.1 Å². The summed E-state index contributed by atoms with van der Waals surface area (Å²) in [5.41, 5.74) is 1.57. The van der Waals surface area contributed by atoms with Crippen LogP contribution < -0.4 is 10.1 Å². The Bertz CT molecular complexity index is 1090. The Morgan fingerprint density at radius 2 is 1.73 bits per heavy atom. The quantitative estimate of drug-likeness (QED) is 0.487. The lowest BCUT2D eigenvalue weighted by Crippen LogP contribution is -2.71. The van der Waals surface area contributed by atoms with E-state index in [1.165, 1.54) is 4.90 Å². The minimum absolute atomic E-state index is 0.0198. The smallest absolute Gasteiger partial charge is 0.330 e. The van der Waals surface area contributed by atoms with Gasteiger partial charge in [-0.15, -0.1) is 0 Å². The summed E-state index contributed by atoms with van der Waals surface area (Å²) in [6, 6.07) is 14.3. The molecule has 2 aromatic carbocycles. The predicted octanol–water partition coefficient (Wildman–Crippen LogP) is 1.54. The van der Waals surface area contributed by atoms with Gasteiger partial charge in [0, 0.05) is 0 Å². The Morgan fingerprint density at radius 1 is 1.06 bits per heavy atom. The van der Waals surface area contributed by atoms with Crippen molar-refractivity contribution in [2.24, 2.45) is 0 Å². The minimum Gasteiger partial charge on any atom is -0.497 e. The van der Waals surface area contributed by atoms with E-state index in [1.54, 1.807) is 45.2 Å². The Morgan fingerprint density at radius 3 is 2.36 bits per heavy atom. The van der Waals surface area contributed by atoms with Gasteiger partial charge in [-0.2, -0.15) is 0 Å². The number of hydrogen-bond donors (Lipinski definition) is 1. The highest BCUT2D eigenvalue weighted by atomic mass is 32.2. The molecule has 1 N–H and O–H groups in total. The van der Waals surface area contributed by atoms with Crippen LogP contribution in [-0.4, -0.2) is 56.2 Å². The van der Waals surface area contributed by atoms with Crippen molar-refractivity contribution in [1.82, 2.24) is 10.2 Å². The number of nitrogens with zero attached hydrogens (tertiary/aromatic N) is 1. The van der Waals surface area contributed by atoms with Crippen LogP contribution in [0, 0.1) is 0 Å². The Labute approximate surface area is 194 Å². The highest BCUT2D eigenvalue weighted by Crippen LogP contribution is 2.44.